The number of fused-ring (bicyclic) bond motifs is 1. The van der Waals surface area contributed by atoms with Crippen LogP contribution >= 0.6 is 0 Å². The van der Waals surface area contributed by atoms with E-state index in [4.69, 9.17) is 4.74 Å². The second-order valence-corrected chi connectivity index (χ2v) is 6.59. The molecule has 0 bridgehead atoms. The summed E-state index contributed by atoms with van der Waals surface area (Å²) in [6, 6.07) is 6.62. The lowest BCUT2D eigenvalue weighted by Crippen LogP contribution is -2.16. The number of benzene rings is 1. The maximum Gasteiger partial charge on any atom is 0.516 e. The highest BCUT2D eigenvalue weighted by Crippen LogP contribution is 2.22. The van der Waals surface area contributed by atoms with Gasteiger partial charge in [-0.1, -0.05) is 32.0 Å². The molecule has 0 spiro atoms. The number of hydrogen-bond acceptors (Lipinski definition) is 4. The van der Waals surface area contributed by atoms with Gasteiger partial charge < -0.3 is 9.47 Å². The predicted molar refractivity (Wildman–Crippen MR) is 88.3 cm³/mol. The molecule has 0 amide bonds. The number of ether oxygens (including phenoxy) is 2. The summed E-state index contributed by atoms with van der Waals surface area (Å²) in [4.78, 5) is 22.9. The van der Waals surface area contributed by atoms with Gasteiger partial charge in [0.1, 0.15) is 0 Å². The van der Waals surface area contributed by atoms with Gasteiger partial charge in [0, 0.05) is 6.42 Å². The molecule has 0 saturated carbocycles. The van der Waals surface area contributed by atoms with Crippen molar-refractivity contribution >= 4 is 12.1 Å². The first-order valence-electron chi connectivity index (χ1n) is 8.52. The zero-order valence-corrected chi connectivity index (χ0v) is 14.1. The molecule has 1 aliphatic carbocycles. The number of rotatable bonds is 6. The fourth-order valence-corrected chi connectivity index (χ4v) is 2.79. The minimum atomic E-state index is -0.891. The topological polar surface area (TPSA) is 52.6 Å². The van der Waals surface area contributed by atoms with Gasteiger partial charge in [0.25, 0.3) is 0 Å². The van der Waals surface area contributed by atoms with Crippen molar-refractivity contribution in [1.82, 2.24) is 0 Å². The van der Waals surface area contributed by atoms with E-state index in [1.54, 1.807) is 0 Å². The fourth-order valence-electron chi connectivity index (χ4n) is 2.79. The van der Waals surface area contributed by atoms with Crippen molar-refractivity contribution in [2.75, 3.05) is 6.61 Å². The number of carbonyl (C=O) groups excluding carboxylic acids is 2. The summed E-state index contributed by atoms with van der Waals surface area (Å²) < 4.78 is 9.45. The summed E-state index contributed by atoms with van der Waals surface area (Å²) in [6.45, 7) is 4.11. The highest BCUT2D eigenvalue weighted by atomic mass is 16.7. The minimum absolute atomic E-state index is 0.224. The molecule has 0 aromatic heterocycles. The van der Waals surface area contributed by atoms with Crippen LogP contribution < -0.4 is 0 Å². The molecule has 4 nitrogen and oxygen atoms in total. The van der Waals surface area contributed by atoms with Gasteiger partial charge in [0.15, 0.2) is 0 Å². The second-order valence-electron chi connectivity index (χ2n) is 6.59. The summed E-state index contributed by atoms with van der Waals surface area (Å²) in [6.07, 6.45) is 5.73. The number of esters is 1. The van der Waals surface area contributed by atoms with Crippen LogP contribution in [-0.4, -0.2) is 18.7 Å². The van der Waals surface area contributed by atoms with E-state index in [0.29, 0.717) is 6.42 Å². The van der Waals surface area contributed by atoms with E-state index in [9.17, 15) is 9.59 Å². The molecule has 1 aromatic carbocycles. The van der Waals surface area contributed by atoms with Crippen molar-refractivity contribution in [2.45, 2.75) is 58.8 Å². The molecule has 4 heteroatoms. The quantitative estimate of drug-likeness (QED) is 0.582. The summed E-state index contributed by atoms with van der Waals surface area (Å²) in [7, 11) is 0. The van der Waals surface area contributed by atoms with Crippen LogP contribution in [0.15, 0.2) is 18.2 Å². The van der Waals surface area contributed by atoms with E-state index in [2.05, 4.69) is 22.9 Å². The third kappa shape index (κ3) is 6.05. The van der Waals surface area contributed by atoms with Crippen LogP contribution in [-0.2, 0) is 33.5 Å². The SMILES string of the molecule is CC(C)COC(=O)OC(=O)CCCc1ccc2c(c1)CCCC2. The molecule has 0 heterocycles. The summed E-state index contributed by atoms with van der Waals surface area (Å²) in [5.41, 5.74) is 4.17. The molecule has 0 N–H and O–H groups in total. The van der Waals surface area contributed by atoms with Crippen molar-refractivity contribution in [3.05, 3.63) is 34.9 Å². The molecule has 2 rings (SSSR count). The first-order valence-corrected chi connectivity index (χ1v) is 8.52. The Morgan fingerprint density at radius 1 is 1.13 bits per heavy atom. The van der Waals surface area contributed by atoms with Gasteiger partial charge in [0.05, 0.1) is 6.61 Å². The Labute approximate surface area is 138 Å². The lowest BCUT2D eigenvalue weighted by molar-refractivity contribution is -0.140. The van der Waals surface area contributed by atoms with Crippen LogP contribution in [0.2, 0.25) is 0 Å². The highest BCUT2D eigenvalue weighted by Gasteiger charge is 2.13. The highest BCUT2D eigenvalue weighted by molar-refractivity contribution is 5.81. The van der Waals surface area contributed by atoms with Gasteiger partial charge >= 0.3 is 12.1 Å². The van der Waals surface area contributed by atoms with Crippen molar-refractivity contribution in [3.8, 4) is 0 Å². The van der Waals surface area contributed by atoms with Crippen LogP contribution in [0, 0.1) is 5.92 Å². The van der Waals surface area contributed by atoms with E-state index < -0.39 is 12.1 Å². The van der Waals surface area contributed by atoms with Gasteiger partial charge in [-0.25, -0.2) is 4.79 Å². The molecule has 23 heavy (non-hydrogen) atoms. The van der Waals surface area contributed by atoms with E-state index in [-0.39, 0.29) is 18.9 Å². The Hall–Kier alpha value is -1.84. The van der Waals surface area contributed by atoms with Crippen LogP contribution in [0.1, 0.15) is 56.2 Å². The Kier molecular flexibility index (Phi) is 6.63. The Bertz CT molecular complexity index is 548. The number of aryl methyl sites for hydroxylation is 3. The van der Waals surface area contributed by atoms with E-state index in [0.717, 1.165) is 12.8 Å². The summed E-state index contributed by atoms with van der Waals surface area (Å²) in [5.74, 6) is -0.293. The molecule has 0 aliphatic heterocycles. The second kappa shape index (κ2) is 8.70. The smallest absolute Gasteiger partial charge is 0.434 e. The first kappa shape index (κ1) is 17.5. The largest absolute Gasteiger partial charge is 0.516 e. The molecule has 0 atom stereocenters. The molecule has 0 fully saturated rings. The van der Waals surface area contributed by atoms with Crippen molar-refractivity contribution in [3.63, 3.8) is 0 Å². The summed E-state index contributed by atoms with van der Waals surface area (Å²) in [5, 5.41) is 0. The molecule has 126 valence electrons. The van der Waals surface area contributed by atoms with E-state index in [1.165, 1.54) is 36.0 Å². The Balaban J connectivity index is 1.70. The maximum absolute atomic E-state index is 11.6. The average Bonchev–Trinajstić information content (AvgIpc) is 2.53. The van der Waals surface area contributed by atoms with Gasteiger partial charge in [-0.3, -0.25) is 4.79 Å². The van der Waals surface area contributed by atoms with Crippen LogP contribution in [0.5, 0.6) is 0 Å². The van der Waals surface area contributed by atoms with Crippen LogP contribution in [0.4, 0.5) is 4.79 Å². The normalized spacial score (nSPS) is 13.5. The number of carbonyl (C=O) groups is 2. The van der Waals surface area contributed by atoms with E-state index >= 15 is 0 Å². The Morgan fingerprint density at radius 2 is 1.87 bits per heavy atom. The van der Waals surface area contributed by atoms with Gasteiger partial charge in [-0.05, 0) is 61.1 Å². The third-order valence-electron chi connectivity index (χ3n) is 3.99. The lowest BCUT2D eigenvalue weighted by atomic mass is 9.89. The molecular weight excluding hydrogens is 292 g/mol. The van der Waals surface area contributed by atoms with Crippen LogP contribution in [0.3, 0.4) is 0 Å². The lowest BCUT2D eigenvalue weighted by Gasteiger charge is -2.16. The first-order chi connectivity index (χ1) is 11.0. The molecule has 0 unspecified atom stereocenters. The maximum atomic E-state index is 11.6. The zero-order valence-electron chi connectivity index (χ0n) is 14.1. The average molecular weight is 318 g/mol. The van der Waals surface area contributed by atoms with Gasteiger partial charge in [0.2, 0.25) is 0 Å². The molecular formula is C19H26O4. The zero-order chi connectivity index (χ0) is 16.7. The van der Waals surface area contributed by atoms with Crippen LogP contribution in [0.25, 0.3) is 0 Å². The molecule has 1 aliphatic rings. The monoisotopic (exact) mass is 318 g/mol. The molecule has 0 radical (unpaired) electrons. The van der Waals surface area contributed by atoms with Gasteiger partial charge in [-0.15, -0.1) is 0 Å². The standard InChI is InChI=1S/C19H26O4/c1-14(2)13-22-19(21)23-18(20)9-5-6-15-10-11-16-7-3-4-8-17(16)12-15/h10-12,14H,3-9,13H2,1-2H3. The van der Waals surface area contributed by atoms with Crippen molar-refractivity contribution in [1.29, 1.82) is 0 Å². The molecule has 0 saturated heterocycles. The molecule has 1 aromatic rings. The van der Waals surface area contributed by atoms with E-state index in [1.807, 2.05) is 13.8 Å². The number of hydrogen-bond donors (Lipinski definition) is 0. The third-order valence-corrected chi connectivity index (χ3v) is 3.99. The fraction of sp³-hybridized carbons (Fsp3) is 0.579. The predicted octanol–water partition coefficient (Wildman–Crippen LogP) is 4.22. The summed E-state index contributed by atoms with van der Waals surface area (Å²) >= 11 is 0. The van der Waals surface area contributed by atoms with Crippen molar-refractivity contribution < 1.29 is 19.1 Å². The van der Waals surface area contributed by atoms with Crippen molar-refractivity contribution in [2.24, 2.45) is 5.92 Å². The Morgan fingerprint density at radius 3 is 2.61 bits per heavy atom. The van der Waals surface area contributed by atoms with Gasteiger partial charge in [-0.2, -0.15) is 0 Å². The minimum Gasteiger partial charge on any atom is -0.434 e.